The highest BCUT2D eigenvalue weighted by atomic mass is 32.2. The van der Waals surface area contributed by atoms with E-state index >= 15 is 0 Å². The van der Waals surface area contributed by atoms with Gasteiger partial charge in [-0.2, -0.15) is 0 Å². The van der Waals surface area contributed by atoms with Crippen molar-refractivity contribution in [3.05, 3.63) is 192 Å². The number of hydrogen-bond donors (Lipinski definition) is 0. The van der Waals surface area contributed by atoms with E-state index < -0.39 is 0 Å². The maximum absolute atomic E-state index is 5.19. The van der Waals surface area contributed by atoms with Crippen molar-refractivity contribution in [3.8, 4) is 22.4 Å². The first-order valence-electron chi connectivity index (χ1n) is 20.8. The highest BCUT2D eigenvalue weighted by Gasteiger charge is 2.27. The van der Waals surface area contributed by atoms with Crippen molar-refractivity contribution in [1.29, 1.82) is 0 Å². The molecule has 0 radical (unpaired) electrons. The Morgan fingerprint density at radius 2 is 1.39 bits per heavy atom. The van der Waals surface area contributed by atoms with Gasteiger partial charge in [-0.15, -0.1) is 0 Å². The third-order valence-electron chi connectivity index (χ3n) is 12.5. The van der Waals surface area contributed by atoms with Crippen LogP contribution in [0.25, 0.3) is 61.4 Å². The van der Waals surface area contributed by atoms with E-state index in [2.05, 4.69) is 192 Å². The summed E-state index contributed by atoms with van der Waals surface area (Å²) in [4.78, 5) is 15.2. The Kier molecular flexibility index (Phi) is 8.15. The highest BCUT2D eigenvalue weighted by molar-refractivity contribution is 7.99. The molecular weight excluding hydrogens is 737 g/mol. The molecule has 2 aromatic heterocycles. The van der Waals surface area contributed by atoms with E-state index in [1.165, 1.54) is 71.4 Å². The fourth-order valence-electron chi connectivity index (χ4n) is 9.74. The molecule has 2 unspecified atom stereocenters. The highest BCUT2D eigenvalue weighted by Crippen LogP contribution is 2.52. The molecule has 12 rings (SSSR count). The zero-order valence-electron chi connectivity index (χ0n) is 32.5. The first kappa shape index (κ1) is 34.4. The normalized spacial score (nSPS) is 17.9. The van der Waals surface area contributed by atoms with Gasteiger partial charge in [-0.1, -0.05) is 139 Å². The van der Waals surface area contributed by atoms with Gasteiger partial charge in [0.25, 0.3) is 0 Å². The predicted molar refractivity (Wildman–Crippen MR) is 246 cm³/mol. The lowest BCUT2D eigenvalue weighted by atomic mass is 9.82. The zero-order valence-corrected chi connectivity index (χ0v) is 33.3. The van der Waals surface area contributed by atoms with Gasteiger partial charge >= 0.3 is 0 Å². The number of para-hydroxylation sites is 3. The average Bonchev–Trinajstić information content (AvgIpc) is 3.65. The molecule has 282 valence electrons. The molecule has 1 aliphatic heterocycles. The molecule has 0 saturated heterocycles. The molecular formula is C54H40N4S. The third-order valence-corrected chi connectivity index (χ3v) is 13.7. The molecule has 0 spiro atoms. The minimum absolute atomic E-state index is 0.172. The van der Waals surface area contributed by atoms with Gasteiger partial charge in [-0.25, -0.2) is 9.97 Å². The van der Waals surface area contributed by atoms with Crippen LogP contribution in [0.2, 0.25) is 0 Å². The lowest BCUT2D eigenvalue weighted by molar-refractivity contribution is 0.592. The number of aromatic nitrogens is 3. The van der Waals surface area contributed by atoms with Gasteiger partial charge in [-0.05, 0) is 103 Å². The summed E-state index contributed by atoms with van der Waals surface area (Å²) in [6, 6.07) is 52.7. The smallest absolute Gasteiger partial charge is 0.160 e. The van der Waals surface area contributed by atoms with E-state index in [4.69, 9.17) is 9.97 Å². The maximum atomic E-state index is 5.19. The van der Waals surface area contributed by atoms with Crippen molar-refractivity contribution in [2.45, 2.75) is 41.5 Å². The van der Waals surface area contributed by atoms with Gasteiger partial charge in [0.05, 0.1) is 28.6 Å². The van der Waals surface area contributed by atoms with Crippen LogP contribution in [0.15, 0.2) is 186 Å². The second-order valence-electron chi connectivity index (χ2n) is 16.0. The summed E-state index contributed by atoms with van der Waals surface area (Å²) in [5.41, 5.74) is 13.0. The van der Waals surface area contributed by atoms with E-state index in [-0.39, 0.29) is 6.04 Å². The lowest BCUT2D eigenvalue weighted by Gasteiger charge is -2.33. The Balaban J connectivity index is 0.963. The van der Waals surface area contributed by atoms with E-state index in [1.54, 1.807) is 0 Å². The molecule has 4 nitrogen and oxygen atoms in total. The quantitative estimate of drug-likeness (QED) is 0.174. The third kappa shape index (κ3) is 5.75. The molecule has 0 saturated carbocycles. The SMILES string of the molecule is C1=CC2=c3c(n(C4C=CC(c5nc(-c6ccccc6)c6ccccc6n5)=CC4)c4ccc(-c5ccc6c(c5)N(c5ccccc5)c5ccccc5S6)cc34)=CCC2CC1. The number of allylic oxidation sites excluding steroid dienone is 6. The number of fused-ring (bicyclic) bond motifs is 7. The largest absolute Gasteiger partial charge is 0.333 e. The molecule has 6 aromatic carbocycles. The first-order valence-corrected chi connectivity index (χ1v) is 21.6. The van der Waals surface area contributed by atoms with Crippen molar-refractivity contribution in [1.82, 2.24) is 14.5 Å². The Hall–Kier alpha value is -6.69. The summed E-state index contributed by atoms with van der Waals surface area (Å²) in [7, 11) is 0. The first-order chi connectivity index (χ1) is 29.2. The van der Waals surface area contributed by atoms with Crippen LogP contribution in [-0.2, 0) is 0 Å². The van der Waals surface area contributed by atoms with Gasteiger partial charge in [0, 0.05) is 53.5 Å². The summed E-state index contributed by atoms with van der Waals surface area (Å²) in [5, 5.41) is 5.17. The van der Waals surface area contributed by atoms with Crippen molar-refractivity contribution < 1.29 is 0 Å². The second kappa shape index (κ2) is 14.0. The van der Waals surface area contributed by atoms with Gasteiger partial charge in [0.2, 0.25) is 0 Å². The summed E-state index contributed by atoms with van der Waals surface area (Å²) in [5.74, 6) is 1.34. The van der Waals surface area contributed by atoms with E-state index in [0.717, 1.165) is 52.8 Å². The number of hydrogen-bond acceptors (Lipinski definition) is 4. The Morgan fingerprint density at radius 3 is 2.27 bits per heavy atom. The fraction of sp³-hybridized carbons (Fsp3) is 0.111. The second-order valence-corrected chi connectivity index (χ2v) is 17.0. The molecule has 0 amide bonds. The van der Waals surface area contributed by atoms with Crippen LogP contribution in [0.4, 0.5) is 17.1 Å². The van der Waals surface area contributed by atoms with E-state index in [0.29, 0.717) is 5.92 Å². The van der Waals surface area contributed by atoms with E-state index in [9.17, 15) is 0 Å². The van der Waals surface area contributed by atoms with Crippen LogP contribution in [0.5, 0.6) is 0 Å². The van der Waals surface area contributed by atoms with Crippen LogP contribution in [0.1, 0.15) is 37.5 Å². The minimum atomic E-state index is 0.172. The molecule has 8 aromatic rings. The number of rotatable bonds is 5. The van der Waals surface area contributed by atoms with Crippen molar-refractivity contribution >= 4 is 67.9 Å². The molecule has 3 heterocycles. The zero-order chi connectivity index (χ0) is 38.9. The summed E-state index contributed by atoms with van der Waals surface area (Å²) >= 11 is 1.86. The van der Waals surface area contributed by atoms with Crippen LogP contribution in [0, 0.1) is 5.92 Å². The molecule has 59 heavy (non-hydrogen) atoms. The number of anilines is 3. The summed E-state index contributed by atoms with van der Waals surface area (Å²) < 4.78 is 2.61. The molecule has 2 atom stereocenters. The molecule has 4 aliphatic rings. The topological polar surface area (TPSA) is 34.0 Å². The van der Waals surface area contributed by atoms with Crippen molar-refractivity contribution in [3.63, 3.8) is 0 Å². The lowest BCUT2D eigenvalue weighted by Crippen LogP contribution is -2.37. The monoisotopic (exact) mass is 776 g/mol. The van der Waals surface area contributed by atoms with Crippen LogP contribution < -0.4 is 15.5 Å². The molecule has 0 bridgehead atoms. The Labute approximate surface area is 347 Å². The number of benzene rings is 6. The minimum Gasteiger partial charge on any atom is -0.333 e. The molecule has 5 heteroatoms. The molecule has 0 N–H and O–H groups in total. The summed E-state index contributed by atoms with van der Waals surface area (Å²) in [6.07, 6.45) is 18.6. The molecule has 0 fully saturated rings. The van der Waals surface area contributed by atoms with Gasteiger partial charge in [0.15, 0.2) is 5.82 Å². The predicted octanol–water partition coefficient (Wildman–Crippen LogP) is 12.7. The van der Waals surface area contributed by atoms with Gasteiger partial charge in [-0.3, -0.25) is 0 Å². The van der Waals surface area contributed by atoms with Gasteiger partial charge in [0.1, 0.15) is 0 Å². The Morgan fingerprint density at radius 1 is 0.610 bits per heavy atom. The Bertz CT molecular complexity index is 3210. The van der Waals surface area contributed by atoms with Crippen LogP contribution >= 0.6 is 11.8 Å². The standard InChI is InChI=1S/C54H40N4S/c1-3-14-36(15-4-1)53-43-19-9-10-20-45(43)55-54(56-53)37-23-28-41(29-24-37)57-46-30-26-38(33-44(46)52-42-18-8-7-13-35(42)25-31-48(52)57)39-27-32-51-49(34-39)58(40-16-5-2-6-17-40)47-21-11-12-22-50(47)59-51/h1-6,8-12,14-24,26-28,30-35,41H,7,13,25,29H2. The van der Waals surface area contributed by atoms with Crippen molar-refractivity contribution in [2.75, 3.05) is 4.90 Å². The fourth-order valence-corrected chi connectivity index (χ4v) is 10.8. The van der Waals surface area contributed by atoms with Crippen molar-refractivity contribution in [2.24, 2.45) is 5.92 Å². The maximum Gasteiger partial charge on any atom is 0.160 e. The average molecular weight is 777 g/mol. The van der Waals surface area contributed by atoms with Crippen LogP contribution in [0.3, 0.4) is 0 Å². The van der Waals surface area contributed by atoms with E-state index in [1.807, 2.05) is 11.8 Å². The number of nitrogens with zero attached hydrogens (tertiary/aromatic N) is 4. The van der Waals surface area contributed by atoms with Crippen LogP contribution in [-0.4, -0.2) is 14.5 Å². The summed E-state index contributed by atoms with van der Waals surface area (Å²) in [6.45, 7) is 0. The van der Waals surface area contributed by atoms with Gasteiger partial charge < -0.3 is 9.47 Å². The molecule has 3 aliphatic carbocycles.